The number of halogens is 4. The molecule has 1 heterocycles. The van der Waals surface area contributed by atoms with Crippen molar-refractivity contribution >= 4 is 0 Å². The minimum absolute atomic E-state index is 0.621. The van der Waals surface area contributed by atoms with Crippen molar-refractivity contribution in [1.82, 2.24) is 0 Å². The lowest BCUT2D eigenvalue weighted by Crippen LogP contribution is -2.43. The molecule has 1 aromatic heterocycles. The summed E-state index contributed by atoms with van der Waals surface area (Å²) in [6.45, 7) is 0. The quantitative estimate of drug-likeness (QED) is 0.841. The third kappa shape index (κ3) is 1.88. The largest absolute Gasteiger partial charge is 0.466 e. The zero-order chi connectivity index (χ0) is 13.4. The minimum Gasteiger partial charge on any atom is -0.466 e. The Balaban J connectivity index is 2.64. The highest BCUT2D eigenvalue weighted by atomic mass is 19.4. The van der Waals surface area contributed by atoms with Crippen LogP contribution >= 0.6 is 0 Å². The maximum atomic E-state index is 13.1. The third-order valence-corrected chi connectivity index (χ3v) is 2.53. The predicted molar refractivity (Wildman–Crippen MR) is 54.2 cm³/mol. The minimum atomic E-state index is -5.03. The van der Waals surface area contributed by atoms with E-state index in [4.69, 9.17) is 0 Å². The summed E-state index contributed by atoms with van der Waals surface area (Å²) >= 11 is 0. The van der Waals surface area contributed by atoms with Crippen molar-refractivity contribution in [2.24, 2.45) is 0 Å². The van der Waals surface area contributed by atoms with Crippen LogP contribution < -0.4 is 0 Å². The number of rotatable bonds is 2. The first kappa shape index (κ1) is 12.6. The third-order valence-electron chi connectivity index (χ3n) is 2.53. The maximum Gasteiger partial charge on any atom is 0.428 e. The van der Waals surface area contributed by atoms with Gasteiger partial charge in [0, 0.05) is 5.56 Å². The molecule has 96 valence electrons. The number of benzene rings is 1. The summed E-state index contributed by atoms with van der Waals surface area (Å²) in [5.41, 5.74) is -4.00. The standard InChI is InChI=1S/C12H8F4O2/c13-9-4-1-3-8(7-9)11(17,12(14,15)16)10-5-2-6-18-10/h1-7,17H. The van der Waals surface area contributed by atoms with E-state index in [0.717, 1.165) is 30.5 Å². The van der Waals surface area contributed by atoms with Gasteiger partial charge in [0.1, 0.15) is 11.6 Å². The molecule has 0 aliphatic heterocycles. The molecule has 0 saturated carbocycles. The second-order valence-corrected chi connectivity index (χ2v) is 3.70. The first-order valence-corrected chi connectivity index (χ1v) is 4.95. The molecule has 1 unspecified atom stereocenters. The van der Waals surface area contributed by atoms with Gasteiger partial charge < -0.3 is 9.52 Å². The summed E-state index contributed by atoms with van der Waals surface area (Å²) < 4.78 is 56.8. The lowest BCUT2D eigenvalue weighted by molar-refractivity contribution is -0.254. The molecule has 2 aromatic rings. The van der Waals surface area contributed by atoms with Crippen molar-refractivity contribution in [1.29, 1.82) is 0 Å². The van der Waals surface area contributed by atoms with Crippen LogP contribution in [0.15, 0.2) is 47.1 Å². The van der Waals surface area contributed by atoms with Crippen molar-refractivity contribution in [3.63, 3.8) is 0 Å². The highest BCUT2D eigenvalue weighted by Gasteiger charge is 2.58. The molecule has 0 aliphatic rings. The normalized spacial score (nSPS) is 15.4. The Kier molecular flexibility index (Phi) is 2.90. The fraction of sp³-hybridized carbons (Fsp3) is 0.167. The number of alkyl halides is 3. The van der Waals surface area contributed by atoms with Crippen LogP contribution in [0.1, 0.15) is 11.3 Å². The van der Waals surface area contributed by atoms with E-state index in [1.165, 1.54) is 6.07 Å². The van der Waals surface area contributed by atoms with Gasteiger partial charge in [-0.25, -0.2) is 4.39 Å². The monoisotopic (exact) mass is 260 g/mol. The Morgan fingerprint density at radius 3 is 2.28 bits per heavy atom. The van der Waals surface area contributed by atoms with Crippen molar-refractivity contribution in [2.45, 2.75) is 11.8 Å². The Labute approximate surface area is 99.5 Å². The molecule has 2 rings (SSSR count). The zero-order valence-electron chi connectivity index (χ0n) is 8.91. The van der Waals surface area contributed by atoms with E-state index in [1.807, 2.05) is 0 Å². The van der Waals surface area contributed by atoms with Crippen LogP contribution in [0, 0.1) is 5.82 Å². The van der Waals surface area contributed by atoms with Gasteiger partial charge in [0.25, 0.3) is 0 Å². The molecule has 0 amide bonds. The molecule has 1 aromatic carbocycles. The van der Waals surface area contributed by atoms with E-state index < -0.39 is 28.9 Å². The predicted octanol–water partition coefficient (Wildman–Crippen LogP) is 3.22. The molecule has 1 N–H and O–H groups in total. The van der Waals surface area contributed by atoms with Gasteiger partial charge in [0.15, 0.2) is 0 Å². The number of aliphatic hydroxyl groups is 1. The van der Waals surface area contributed by atoms with Gasteiger partial charge in [0.05, 0.1) is 6.26 Å². The fourth-order valence-corrected chi connectivity index (χ4v) is 1.64. The van der Waals surface area contributed by atoms with E-state index in [1.54, 1.807) is 0 Å². The highest BCUT2D eigenvalue weighted by molar-refractivity contribution is 5.33. The van der Waals surface area contributed by atoms with Crippen molar-refractivity contribution in [3.8, 4) is 0 Å². The van der Waals surface area contributed by atoms with E-state index in [2.05, 4.69) is 4.42 Å². The molecular formula is C12H8F4O2. The van der Waals surface area contributed by atoms with Crippen molar-refractivity contribution < 1.29 is 27.1 Å². The first-order chi connectivity index (χ1) is 8.35. The molecular weight excluding hydrogens is 252 g/mol. The summed E-state index contributed by atoms with van der Waals surface area (Å²) in [5, 5.41) is 9.92. The Bertz CT molecular complexity index is 533. The average Bonchev–Trinajstić information content (AvgIpc) is 2.80. The number of hydrogen-bond donors (Lipinski definition) is 1. The molecule has 0 spiro atoms. The van der Waals surface area contributed by atoms with Gasteiger partial charge in [-0.15, -0.1) is 0 Å². The van der Waals surface area contributed by atoms with Crippen LogP contribution in [0.5, 0.6) is 0 Å². The molecule has 6 heteroatoms. The molecule has 0 saturated heterocycles. The topological polar surface area (TPSA) is 33.4 Å². The van der Waals surface area contributed by atoms with Crippen LogP contribution in [-0.2, 0) is 5.60 Å². The summed E-state index contributed by atoms with van der Waals surface area (Å²) in [5.74, 6) is -1.58. The van der Waals surface area contributed by atoms with Gasteiger partial charge in [-0.1, -0.05) is 12.1 Å². The van der Waals surface area contributed by atoms with E-state index in [0.29, 0.717) is 6.07 Å². The molecule has 0 aliphatic carbocycles. The van der Waals surface area contributed by atoms with Crippen LogP contribution in [-0.4, -0.2) is 11.3 Å². The zero-order valence-corrected chi connectivity index (χ0v) is 8.91. The van der Waals surface area contributed by atoms with Gasteiger partial charge in [-0.2, -0.15) is 13.2 Å². The second-order valence-electron chi connectivity index (χ2n) is 3.70. The van der Waals surface area contributed by atoms with Crippen LogP contribution in [0.4, 0.5) is 17.6 Å². The van der Waals surface area contributed by atoms with Crippen LogP contribution in [0.2, 0.25) is 0 Å². The number of hydrogen-bond acceptors (Lipinski definition) is 2. The van der Waals surface area contributed by atoms with Gasteiger partial charge in [-0.05, 0) is 24.3 Å². The first-order valence-electron chi connectivity index (χ1n) is 4.95. The van der Waals surface area contributed by atoms with E-state index >= 15 is 0 Å². The smallest absolute Gasteiger partial charge is 0.428 e. The number of furan rings is 1. The summed E-state index contributed by atoms with van der Waals surface area (Å²) in [6.07, 6.45) is -4.02. The maximum absolute atomic E-state index is 13.1. The van der Waals surface area contributed by atoms with Crippen LogP contribution in [0.25, 0.3) is 0 Å². The van der Waals surface area contributed by atoms with Gasteiger partial charge >= 0.3 is 6.18 Å². The fourth-order valence-electron chi connectivity index (χ4n) is 1.64. The molecule has 0 bridgehead atoms. The lowest BCUT2D eigenvalue weighted by Gasteiger charge is -2.28. The Morgan fingerprint density at radius 1 is 1.06 bits per heavy atom. The Morgan fingerprint density at radius 2 is 1.78 bits per heavy atom. The summed E-state index contributed by atoms with van der Waals surface area (Å²) in [6, 6.07) is 5.88. The summed E-state index contributed by atoms with van der Waals surface area (Å²) in [7, 11) is 0. The van der Waals surface area contributed by atoms with E-state index in [9.17, 15) is 22.7 Å². The average molecular weight is 260 g/mol. The van der Waals surface area contributed by atoms with Gasteiger partial charge in [-0.3, -0.25) is 0 Å². The molecule has 0 radical (unpaired) electrons. The molecule has 18 heavy (non-hydrogen) atoms. The SMILES string of the molecule is OC(c1cccc(F)c1)(c1ccco1)C(F)(F)F. The van der Waals surface area contributed by atoms with Crippen LogP contribution in [0.3, 0.4) is 0 Å². The molecule has 1 atom stereocenters. The lowest BCUT2D eigenvalue weighted by atomic mass is 9.90. The Hall–Kier alpha value is -1.82. The summed E-state index contributed by atoms with van der Waals surface area (Å²) in [4.78, 5) is 0. The second kappa shape index (κ2) is 4.13. The van der Waals surface area contributed by atoms with Crippen molar-refractivity contribution in [2.75, 3.05) is 0 Å². The molecule has 2 nitrogen and oxygen atoms in total. The molecule has 0 fully saturated rings. The van der Waals surface area contributed by atoms with E-state index in [-0.39, 0.29) is 0 Å². The van der Waals surface area contributed by atoms with Gasteiger partial charge in [0.2, 0.25) is 5.60 Å². The van der Waals surface area contributed by atoms with Crippen molar-refractivity contribution in [3.05, 3.63) is 59.8 Å². The highest BCUT2D eigenvalue weighted by Crippen LogP contribution is 2.44.